The summed E-state index contributed by atoms with van der Waals surface area (Å²) in [5, 5.41) is 2.76. The van der Waals surface area contributed by atoms with Gasteiger partial charge in [0.1, 0.15) is 11.6 Å². The summed E-state index contributed by atoms with van der Waals surface area (Å²) in [6, 6.07) is 12.8. The first-order valence-corrected chi connectivity index (χ1v) is 10.3. The van der Waals surface area contributed by atoms with Gasteiger partial charge in [-0.25, -0.2) is 12.8 Å². The molecule has 6 nitrogen and oxygen atoms in total. The molecule has 1 aliphatic heterocycles. The molecule has 1 atom stereocenters. The second-order valence-electron chi connectivity index (χ2n) is 6.17. The standard InChI is InChI=1S/C19H21FN2O4S/c1-2-27(24,25)22-13-18(26-17-6-4-3-5-16(17)22)19(23)21-12-11-14-7-9-15(20)10-8-14/h3-10,18H,2,11-13H2,1H3,(H,21,23). The third-order valence-corrected chi connectivity index (χ3v) is 6.10. The summed E-state index contributed by atoms with van der Waals surface area (Å²) in [5.74, 6) is -0.406. The van der Waals surface area contributed by atoms with Crippen molar-refractivity contribution < 1.29 is 22.3 Å². The molecule has 0 aromatic heterocycles. The van der Waals surface area contributed by atoms with Gasteiger partial charge in [0.15, 0.2) is 6.10 Å². The number of amides is 1. The molecule has 144 valence electrons. The molecule has 3 rings (SSSR count). The number of ether oxygens (including phenoxy) is 1. The fourth-order valence-corrected chi connectivity index (χ4v) is 3.98. The molecular weight excluding hydrogens is 371 g/mol. The summed E-state index contributed by atoms with van der Waals surface area (Å²) in [5.41, 5.74) is 1.33. The van der Waals surface area contributed by atoms with Crippen molar-refractivity contribution in [3.63, 3.8) is 0 Å². The van der Waals surface area contributed by atoms with Crippen LogP contribution >= 0.6 is 0 Å². The molecule has 0 fully saturated rings. The Morgan fingerprint density at radius 2 is 1.93 bits per heavy atom. The molecule has 2 aromatic carbocycles. The van der Waals surface area contributed by atoms with Crippen molar-refractivity contribution in [2.24, 2.45) is 0 Å². The van der Waals surface area contributed by atoms with Gasteiger partial charge in [-0.1, -0.05) is 24.3 Å². The van der Waals surface area contributed by atoms with Crippen molar-refractivity contribution in [2.75, 3.05) is 23.1 Å². The fraction of sp³-hybridized carbons (Fsp3) is 0.316. The van der Waals surface area contributed by atoms with Crippen LogP contribution in [-0.2, 0) is 21.2 Å². The monoisotopic (exact) mass is 392 g/mol. The first-order chi connectivity index (χ1) is 12.9. The second-order valence-corrected chi connectivity index (χ2v) is 8.36. The number of hydrogen-bond acceptors (Lipinski definition) is 4. The highest BCUT2D eigenvalue weighted by molar-refractivity contribution is 7.92. The van der Waals surface area contributed by atoms with Crippen LogP contribution in [0.5, 0.6) is 5.75 Å². The van der Waals surface area contributed by atoms with Crippen LogP contribution in [0.15, 0.2) is 48.5 Å². The summed E-state index contributed by atoms with van der Waals surface area (Å²) < 4.78 is 44.7. The quantitative estimate of drug-likeness (QED) is 0.817. The van der Waals surface area contributed by atoms with Crippen LogP contribution in [0.1, 0.15) is 12.5 Å². The average molecular weight is 392 g/mol. The Hall–Kier alpha value is -2.61. The first-order valence-electron chi connectivity index (χ1n) is 8.69. The molecule has 1 unspecified atom stereocenters. The van der Waals surface area contributed by atoms with Crippen molar-refractivity contribution in [3.8, 4) is 5.75 Å². The van der Waals surface area contributed by atoms with Gasteiger partial charge in [-0.3, -0.25) is 9.10 Å². The maximum Gasteiger partial charge on any atom is 0.263 e. The van der Waals surface area contributed by atoms with Gasteiger partial charge < -0.3 is 10.1 Å². The minimum atomic E-state index is -3.53. The molecule has 8 heteroatoms. The number of benzene rings is 2. The molecule has 1 N–H and O–H groups in total. The van der Waals surface area contributed by atoms with Gasteiger partial charge in [0.2, 0.25) is 10.0 Å². The Balaban J connectivity index is 1.67. The molecule has 1 amide bonds. The van der Waals surface area contributed by atoms with E-state index in [1.807, 2.05) is 0 Å². The van der Waals surface area contributed by atoms with E-state index in [1.165, 1.54) is 16.4 Å². The van der Waals surface area contributed by atoms with Crippen LogP contribution in [0.4, 0.5) is 10.1 Å². The number of nitrogens with one attached hydrogen (secondary N) is 1. The van der Waals surface area contributed by atoms with E-state index >= 15 is 0 Å². The molecule has 0 radical (unpaired) electrons. The lowest BCUT2D eigenvalue weighted by atomic mass is 10.1. The Kier molecular flexibility index (Phi) is 5.65. The number of halogens is 1. The molecule has 0 bridgehead atoms. The van der Waals surface area contributed by atoms with Gasteiger partial charge >= 0.3 is 0 Å². The van der Waals surface area contributed by atoms with Crippen molar-refractivity contribution in [2.45, 2.75) is 19.4 Å². The zero-order valence-electron chi connectivity index (χ0n) is 14.9. The summed E-state index contributed by atoms with van der Waals surface area (Å²) in [6.07, 6.45) is -0.402. The lowest BCUT2D eigenvalue weighted by molar-refractivity contribution is -0.127. The van der Waals surface area contributed by atoms with E-state index in [0.29, 0.717) is 24.4 Å². The Morgan fingerprint density at radius 3 is 2.63 bits per heavy atom. The molecular formula is C19H21FN2O4S. The number of carbonyl (C=O) groups excluding carboxylic acids is 1. The topological polar surface area (TPSA) is 75.7 Å². The maximum atomic E-state index is 12.9. The Labute approximate surface area is 158 Å². The predicted octanol–water partition coefficient (Wildman–Crippen LogP) is 2.10. The predicted molar refractivity (Wildman–Crippen MR) is 101 cm³/mol. The molecule has 0 saturated carbocycles. The lowest BCUT2D eigenvalue weighted by Gasteiger charge is -2.34. The minimum Gasteiger partial charge on any atom is -0.476 e. The van der Waals surface area contributed by atoms with Gasteiger partial charge in [0.05, 0.1) is 18.0 Å². The van der Waals surface area contributed by atoms with Crippen LogP contribution in [0.25, 0.3) is 0 Å². The normalized spacial score (nSPS) is 16.4. The van der Waals surface area contributed by atoms with Crippen molar-refractivity contribution in [3.05, 3.63) is 59.9 Å². The Morgan fingerprint density at radius 1 is 1.22 bits per heavy atom. The number of rotatable bonds is 6. The number of nitrogens with zero attached hydrogens (tertiary/aromatic N) is 1. The number of sulfonamides is 1. The van der Waals surface area contributed by atoms with Crippen LogP contribution in [0.2, 0.25) is 0 Å². The van der Waals surface area contributed by atoms with Crippen LogP contribution in [0, 0.1) is 5.82 Å². The number of fused-ring (bicyclic) bond motifs is 1. The number of para-hydroxylation sites is 2. The minimum absolute atomic E-state index is 0.0692. The number of carbonyl (C=O) groups is 1. The van der Waals surface area contributed by atoms with Crippen LogP contribution < -0.4 is 14.4 Å². The van der Waals surface area contributed by atoms with Crippen LogP contribution in [-0.4, -0.2) is 39.3 Å². The fourth-order valence-electron chi connectivity index (χ4n) is 2.85. The summed E-state index contributed by atoms with van der Waals surface area (Å²) in [7, 11) is -3.53. The summed E-state index contributed by atoms with van der Waals surface area (Å²) in [4.78, 5) is 12.5. The largest absolute Gasteiger partial charge is 0.476 e. The molecule has 1 heterocycles. The van der Waals surface area contributed by atoms with E-state index in [2.05, 4.69) is 5.32 Å². The van der Waals surface area contributed by atoms with E-state index in [0.717, 1.165) is 5.56 Å². The molecule has 2 aromatic rings. The molecule has 1 aliphatic rings. The van der Waals surface area contributed by atoms with E-state index in [9.17, 15) is 17.6 Å². The van der Waals surface area contributed by atoms with E-state index in [4.69, 9.17) is 4.74 Å². The molecule has 0 saturated heterocycles. The van der Waals surface area contributed by atoms with Gasteiger partial charge in [0.25, 0.3) is 5.91 Å². The second kappa shape index (κ2) is 7.96. The van der Waals surface area contributed by atoms with Gasteiger partial charge in [-0.15, -0.1) is 0 Å². The summed E-state index contributed by atoms with van der Waals surface area (Å²) in [6.45, 7) is 1.83. The van der Waals surface area contributed by atoms with Crippen LogP contribution in [0.3, 0.4) is 0 Å². The van der Waals surface area contributed by atoms with Crippen molar-refractivity contribution >= 4 is 21.6 Å². The molecule has 0 spiro atoms. The van der Waals surface area contributed by atoms with E-state index in [1.54, 1.807) is 43.3 Å². The SMILES string of the molecule is CCS(=O)(=O)N1CC(C(=O)NCCc2ccc(F)cc2)Oc2ccccc21. The van der Waals surface area contributed by atoms with Crippen molar-refractivity contribution in [1.82, 2.24) is 5.32 Å². The molecule has 27 heavy (non-hydrogen) atoms. The average Bonchev–Trinajstić information content (AvgIpc) is 2.68. The van der Waals surface area contributed by atoms with Crippen molar-refractivity contribution in [1.29, 1.82) is 0 Å². The highest BCUT2D eigenvalue weighted by Crippen LogP contribution is 2.34. The maximum absolute atomic E-state index is 12.9. The zero-order valence-corrected chi connectivity index (χ0v) is 15.7. The van der Waals surface area contributed by atoms with Gasteiger partial charge in [-0.2, -0.15) is 0 Å². The van der Waals surface area contributed by atoms with Gasteiger partial charge in [-0.05, 0) is 43.2 Å². The molecule has 0 aliphatic carbocycles. The highest BCUT2D eigenvalue weighted by Gasteiger charge is 2.35. The number of hydrogen-bond donors (Lipinski definition) is 1. The zero-order chi connectivity index (χ0) is 19.4. The highest BCUT2D eigenvalue weighted by atomic mass is 32.2. The number of anilines is 1. The smallest absolute Gasteiger partial charge is 0.263 e. The summed E-state index contributed by atoms with van der Waals surface area (Å²) >= 11 is 0. The first kappa shape index (κ1) is 19.2. The van der Waals surface area contributed by atoms with Gasteiger partial charge in [0, 0.05) is 6.54 Å². The van der Waals surface area contributed by atoms with E-state index in [-0.39, 0.29) is 24.0 Å². The third-order valence-electron chi connectivity index (χ3n) is 4.35. The van der Waals surface area contributed by atoms with E-state index < -0.39 is 16.1 Å². The lowest BCUT2D eigenvalue weighted by Crippen LogP contribution is -2.51. The Bertz CT molecular complexity index is 916. The third kappa shape index (κ3) is 4.39.